The molecule has 0 radical (unpaired) electrons. The summed E-state index contributed by atoms with van der Waals surface area (Å²) in [5, 5.41) is 37.0. The molecule has 7 heteroatoms. The molecule has 206 valence electrons. The third kappa shape index (κ3) is 4.42. The summed E-state index contributed by atoms with van der Waals surface area (Å²) in [5.41, 5.74) is 2.66. The highest BCUT2D eigenvalue weighted by Crippen LogP contribution is 2.55. The van der Waals surface area contributed by atoms with Crippen LogP contribution in [0, 0.1) is 23.2 Å². The molecule has 1 amide bonds. The Morgan fingerprint density at radius 2 is 1.74 bits per heavy atom. The summed E-state index contributed by atoms with van der Waals surface area (Å²) in [6, 6.07) is 7.60. The Kier molecular flexibility index (Phi) is 7.27. The van der Waals surface area contributed by atoms with Gasteiger partial charge in [0, 0.05) is 35.0 Å². The van der Waals surface area contributed by atoms with Crippen molar-refractivity contribution in [2.45, 2.75) is 64.9 Å². The van der Waals surface area contributed by atoms with Gasteiger partial charge in [-0.05, 0) is 74.5 Å². The Balaban J connectivity index is 1.64. The van der Waals surface area contributed by atoms with Gasteiger partial charge in [0.15, 0.2) is 5.78 Å². The van der Waals surface area contributed by atoms with Gasteiger partial charge in [-0.2, -0.15) is 0 Å². The minimum atomic E-state index is -1.59. The number of aromatic amines is 1. The van der Waals surface area contributed by atoms with Gasteiger partial charge in [-0.1, -0.05) is 48.9 Å². The Morgan fingerprint density at radius 3 is 2.51 bits per heavy atom. The zero-order chi connectivity index (χ0) is 28.1. The molecule has 2 aliphatic carbocycles. The molecular formula is C32H38N2O5. The molecule has 3 aliphatic rings. The molecule has 0 saturated carbocycles. The van der Waals surface area contributed by atoms with Crippen LogP contribution in [-0.4, -0.2) is 56.3 Å². The van der Waals surface area contributed by atoms with Crippen LogP contribution in [0.15, 0.2) is 77.6 Å². The normalized spacial score (nSPS) is 38.5. The van der Waals surface area contributed by atoms with Crippen LogP contribution in [-0.2, 0) is 16.0 Å². The summed E-state index contributed by atoms with van der Waals surface area (Å²) in [6.45, 7) is 7.52. The maximum atomic E-state index is 14.2. The number of aromatic nitrogens is 1. The molecule has 2 aromatic rings. The molecule has 0 unspecified atom stereocenters. The van der Waals surface area contributed by atoms with E-state index in [4.69, 9.17) is 0 Å². The van der Waals surface area contributed by atoms with Crippen LogP contribution < -0.4 is 5.32 Å². The van der Waals surface area contributed by atoms with Crippen LogP contribution in [0.4, 0.5) is 0 Å². The molecule has 8 atom stereocenters. The Bertz CT molecular complexity index is 1410. The first-order valence-electron chi connectivity index (χ1n) is 13.7. The van der Waals surface area contributed by atoms with E-state index in [1.807, 2.05) is 69.5 Å². The van der Waals surface area contributed by atoms with E-state index in [1.165, 1.54) is 12.2 Å². The minimum Gasteiger partial charge on any atom is -0.388 e. The number of fused-ring (bicyclic) bond motifs is 1. The number of H-pyrrole nitrogens is 1. The Morgan fingerprint density at radius 1 is 1.00 bits per heavy atom. The van der Waals surface area contributed by atoms with Gasteiger partial charge in [-0.25, -0.2) is 0 Å². The van der Waals surface area contributed by atoms with E-state index in [1.54, 1.807) is 6.92 Å². The van der Waals surface area contributed by atoms with E-state index in [0.717, 1.165) is 27.6 Å². The zero-order valence-corrected chi connectivity index (χ0v) is 22.9. The van der Waals surface area contributed by atoms with Gasteiger partial charge in [0.1, 0.15) is 17.6 Å². The van der Waals surface area contributed by atoms with Gasteiger partial charge < -0.3 is 25.6 Å². The lowest BCUT2D eigenvalue weighted by atomic mass is 9.55. The fourth-order valence-corrected chi connectivity index (χ4v) is 6.98. The SMILES string of the molecule is CC1=C(C)[C@H]2[C@H](Cc3c[nH]c4ccccc34)NC(=O)[C@]23C(=O)/C=C\[C@H](O)[C@H](O)/C(C)=C\[C@@H](C)C/C=C\[C@H]3[C@@H]1O. The fourth-order valence-electron chi connectivity index (χ4n) is 6.98. The average Bonchev–Trinajstić information content (AvgIpc) is 3.45. The first-order chi connectivity index (χ1) is 18.6. The van der Waals surface area contributed by atoms with Crippen LogP contribution in [0.1, 0.15) is 39.7 Å². The molecule has 5 rings (SSSR count). The summed E-state index contributed by atoms with van der Waals surface area (Å²) in [5.74, 6) is -2.14. The zero-order valence-electron chi connectivity index (χ0n) is 22.9. The lowest BCUT2D eigenvalue weighted by Gasteiger charge is -2.45. The smallest absolute Gasteiger partial charge is 0.235 e. The number of ketones is 1. The predicted octanol–water partition coefficient (Wildman–Crippen LogP) is 3.53. The second kappa shape index (κ2) is 10.4. The molecule has 1 spiro atoms. The first kappa shape index (κ1) is 27.3. The van der Waals surface area contributed by atoms with Gasteiger partial charge >= 0.3 is 0 Å². The van der Waals surface area contributed by atoms with Gasteiger partial charge in [-0.15, -0.1) is 0 Å². The maximum Gasteiger partial charge on any atom is 0.235 e. The number of rotatable bonds is 2. The summed E-state index contributed by atoms with van der Waals surface area (Å²) >= 11 is 0. The van der Waals surface area contributed by atoms with Crippen molar-refractivity contribution >= 4 is 22.6 Å². The average molecular weight is 531 g/mol. The van der Waals surface area contributed by atoms with Crippen molar-refractivity contribution < 1.29 is 24.9 Å². The topological polar surface area (TPSA) is 123 Å². The molecule has 7 nitrogen and oxygen atoms in total. The lowest BCUT2D eigenvalue weighted by Crippen LogP contribution is -2.55. The van der Waals surface area contributed by atoms with E-state index in [9.17, 15) is 24.9 Å². The van der Waals surface area contributed by atoms with Crippen molar-refractivity contribution in [3.8, 4) is 0 Å². The highest BCUT2D eigenvalue weighted by molar-refractivity contribution is 6.14. The van der Waals surface area contributed by atoms with Gasteiger partial charge in [0.25, 0.3) is 0 Å². The van der Waals surface area contributed by atoms with Crippen molar-refractivity contribution in [1.82, 2.24) is 10.3 Å². The van der Waals surface area contributed by atoms with Gasteiger partial charge in [0.2, 0.25) is 5.91 Å². The first-order valence-corrected chi connectivity index (χ1v) is 13.7. The van der Waals surface area contributed by atoms with Crippen LogP contribution >= 0.6 is 0 Å². The number of benzene rings is 1. The lowest BCUT2D eigenvalue weighted by molar-refractivity contribution is -0.144. The molecule has 1 saturated heterocycles. The number of aliphatic hydroxyl groups is 3. The number of nitrogens with one attached hydrogen (secondary N) is 2. The third-order valence-electron chi connectivity index (χ3n) is 9.14. The second-order valence-corrected chi connectivity index (χ2v) is 11.5. The standard InChI is InChI=1S/C32H38N2O5/c1-17-8-7-10-23-30(38)20(4)19(3)28-25(15-21-16-33-24-11-6-5-9-22(21)24)34-31(39)32(23,28)27(36)13-12-26(35)29(37)18(2)14-17/h5-7,9-14,16-17,23,25-26,28-30,33,35,37-38H,8,15H2,1-4H3,(H,34,39)/b10-7-,13-12-,18-14-/t17-,23-,25-,26-,28-,29+,30+,32+/m0/s1. The Hall–Kier alpha value is -3.26. The second-order valence-electron chi connectivity index (χ2n) is 11.5. The maximum absolute atomic E-state index is 14.2. The largest absolute Gasteiger partial charge is 0.388 e. The number of allylic oxidation sites excluding steroid dienone is 3. The molecule has 1 aromatic carbocycles. The number of amides is 1. The van der Waals surface area contributed by atoms with Gasteiger partial charge in [-0.3, -0.25) is 9.59 Å². The van der Waals surface area contributed by atoms with Crippen molar-refractivity contribution in [2.75, 3.05) is 0 Å². The fraction of sp³-hybridized carbons (Fsp3) is 0.438. The predicted molar refractivity (Wildman–Crippen MR) is 151 cm³/mol. The number of hydrogen-bond donors (Lipinski definition) is 5. The van der Waals surface area contributed by atoms with Crippen LogP contribution in [0.3, 0.4) is 0 Å². The van der Waals surface area contributed by atoms with Gasteiger partial charge in [0.05, 0.1) is 6.10 Å². The summed E-state index contributed by atoms with van der Waals surface area (Å²) in [6.07, 6.45) is 7.71. The Labute approximate surface area is 229 Å². The molecule has 5 N–H and O–H groups in total. The highest BCUT2D eigenvalue weighted by atomic mass is 16.3. The third-order valence-corrected chi connectivity index (χ3v) is 9.14. The minimum absolute atomic E-state index is 0.0430. The van der Waals surface area contributed by atoms with E-state index < -0.39 is 47.3 Å². The molecule has 39 heavy (non-hydrogen) atoms. The quantitative estimate of drug-likeness (QED) is 0.300. The summed E-state index contributed by atoms with van der Waals surface area (Å²) in [7, 11) is 0. The molecule has 1 fully saturated rings. The van der Waals surface area contributed by atoms with E-state index in [-0.39, 0.29) is 12.0 Å². The summed E-state index contributed by atoms with van der Waals surface area (Å²) < 4.78 is 0. The molecule has 0 bridgehead atoms. The molecule has 2 heterocycles. The van der Waals surface area contributed by atoms with Crippen molar-refractivity contribution in [3.63, 3.8) is 0 Å². The van der Waals surface area contributed by atoms with Crippen LogP contribution in [0.5, 0.6) is 0 Å². The van der Waals surface area contributed by atoms with Crippen molar-refractivity contribution in [2.24, 2.45) is 23.2 Å². The highest BCUT2D eigenvalue weighted by Gasteiger charge is 2.66. The van der Waals surface area contributed by atoms with Crippen LogP contribution in [0.25, 0.3) is 10.9 Å². The monoisotopic (exact) mass is 530 g/mol. The van der Waals surface area contributed by atoms with E-state index >= 15 is 0 Å². The molecular weight excluding hydrogens is 492 g/mol. The number of aliphatic hydroxyl groups excluding tert-OH is 3. The number of carbonyl (C=O) groups is 2. The number of hydrogen-bond acceptors (Lipinski definition) is 5. The summed E-state index contributed by atoms with van der Waals surface area (Å²) in [4.78, 5) is 31.5. The van der Waals surface area contributed by atoms with Crippen LogP contribution in [0.2, 0.25) is 0 Å². The number of para-hydroxylation sites is 1. The van der Waals surface area contributed by atoms with E-state index in [0.29, 0.717) is 18.4 Å². The van der Waals surface area contributed by atoms with Crippen molar-refractivity contribution in [1.29, 1.82) is 0 Å². The van der Waals surface area contributed by atoms with Crippen molar-refractivity contribution in [3.05, 3.63) is 83.1 Å². The molecule has 1 aliphatic heterocycles. The van der Waals surface area contributed by atoms with E-state index in [2.05, 4.69) is 10.3 Å². The number of carbonyl (C=O) groups excluding carboxylic acids is 2. The molecule has 1 aromatic heterocycles.